The number of carbonyl (C=O) groups is 2. The maximum atomic E-state index is 12.6. The first kappa shape index (κ1) is 27.5. The van der Waals surface area contributed by atoms with Crippen LogP contribution >= 0.6 is 12.4 Å². The van der Waals surface area contributed by atoms with E-state index in [2.05, 4.69) is 22.3 Å². The van der Waals surface area contributed by atoms with Gasteiger partial charge in [-0.25, -0.2) is 9.59 Å². The number of halogens is 1. The van der Waals surface area contributed by atoms with Crippen LogP contribution < -0.4 is 10.1 Å². The normalized spacial score (nSPS) is 15.2. The summed E-state index contributed by atoms with van der Waals surface area (Å²) in [7, 11) is 0. The van der Waals surface area contributed by atoms with Gasteiger partial charge in [0, 0.05) is 18.9 Å². The number of fused-ring (bicyclic) bond motifs is 3. The van der Waals surface area contributed by atoms with Crippen LogP contribution in [0.2, 0.25) is 0 Å². The SMILES string of the molecule is Cl.O=C(N[C@@H](Cc1ccc(OCCN2CCCC2)cc1)C(=O)O)OCC1c2ccccc2-c2ccccc21. The minimum absolute atomic E-state index is 0. The monoisotopic (exact) mass is 536 g/mol. The molecule has 5 rings (SSSR count). The Morgan fingerprint density at radius 1 is 0.921 bits per heavy atom. The zero-order valence-corrected chi connectivity index (χ0v) is 22.0. The summed E-state index contributed by atoms with van der Waals surface area (Å²) in [5, 5.41) is 12.2. The van der Waals surface area contributed by atoms with Crippen molar-refractivity contribution in [2.75, 3.05) is 32.8 Å². The first-order valence-electron chi connectivity index (χ1n) is 12.9. The number of rotatable bonds is 10. The summed E-state index contributed by atoms with van der Waals surface area (Å²) in [5.74, 6) is -0.446. The van der Waals surface area contributed by atoms with Gasteiger partial charge < -0.3 is 19.9 Å². The largest absolute Gasteiger partial charge is 0.492 e. The first-order chi connectivity index (χ1) is 18.1. The highest BCUT2D eigenvalue weighted by Crippen LogP contribution is 2.44. The van der Waals surface area contributed by atoms with Gasteiger partial charge in [-0.15, -0.1) is 12.4 Å². The lowest BCUT2D eigenvalue weighted by Crippen LogP contribution is -2.42. The molecule has 3 aromatic carbocycles. The van der Waals surface area contributed by atoms with Crippen LogP contribution in [0, 0.1) is 0 Å². The van der Waals surface area contributed by atoms with Crippen molar-refractivity contribution in [3.8, 4) is 16.9 Å². The quantitative estimate of drug-likeness (QED) is 0.374. The van der Waals surface area contributed by atoms with Gasteiger partial charge in [-0.3, -0.25) is 4.90 Å². The van der Waals surface area contributed by atoms with Gasteiger partial charge in [0.05, 0.1) is 0 Å². The number of amides is 1. The second kappa shape index (κ2) is 12.8. The predicted molar refractivity (Wildman–Crippen MR) is 148 cm³/mol. The van der Waals surface area contributed by atoms with E-state index >= 15 is 0 Å². The second-order valence-electron chi connectivity index (χ2n) is 9.61. The molecule has 0 spiro atoms. The molecule has 0 bridgehead atoms. The highest BCUT2D eigenvalue weighted by Gasteiger charge is 2.29. The Kier molecular flexibility index (Phi) is 9.26. The topological polar surface area (TPSA) is 88.1 Å². The van der Waals surface area contributed by atoms with Crippen LogP contribution in [-0.2, 0) is 16.0 Å². The fourth-order valence-corrected chi connectivity index (χ4v) is 5.24. The molecule has 2 aliphatic rings. The molecule has 0 saturated carbocycles. The van der Waals surface area contributed by atoms with E-state index in [9.17, 15) is 14.7 Å². The maximum Gasteiger partial charge on any atom is 0.407 e. The van der Waals surface area contributed by atoms with E-state index in [0.717, 1.165) is 53.2 Å². The van der Waals surface area contributed by atoms with Crippen LogP contribution in [0.15, 0.2) is 72.8 Å². The number of nitrogens with one attached hydrogen (secondary N) is 1. The molecular formula is C30H33ClN2O5. The summed E-state index contributed by atoms with van der Waals surface area (Å²) >= 11 is 0. The summed E-state index contributed by atoms with van der Waals surface area (Å²) in [6.45, 7) is 3.94. The number of alkyl carbamates (subject to hydrolysis) is 1. The van der Waals surface area contributed by atoms with Gasteiger partial charge in [-0.1, -0.05) is 60.7 Å². The number of hydrogen-bond donors (Lipinski definition) is 2. The molecule has 8 heteroatoms. The van der Waals surface area contributed by atoms with Gasteiger partial charge in [0.1, 0.15) is 25.0 Å². The minimum atomic E-state index is -1.11. The number of nitrogens with zero attached hydrogens (tertiary/aromatic N) is 1. The third kappa shape index (κ3) is 6.47. The molecule has 1 atom stereocenters. The molecule has 1 fully saturated rings. The van der Waals surface area contributed by atoms with Gasteiger partial charge in [0.15, 0.2) is 0 Å². The fraction of sp³-hybridized carbons (Fsp3) is 0.333. The number of benzene rings is 3. The van der Waals surface area contributed by atoms with Crippen molar-refractivity contribution in [3.05, 3.63) is 89.5 Å². The van der Waals surface area contributed by atoms with Gasteiger partial charge in [0.25, 0.3) is 0 Å². The number of aliphatic carboxylic acids is 1. The lowest BCUT2D eigenvalue weighted by atomic mass is 9.98. The molecule has 0 unspecified atom stereocenters. The number of carboxylic acids is 1. The molecule has 2 N–H and O–H groups in total. The lowest BCUT2D eigenvalue weighted by molar-refractivity contribution is -0.139. The Balaban J connectivity index is 0.00000336. The third-order valence-electron chi connectivity index (χ3n) is 7.17. The Hall–Kier alpha value is -3.55. The van der Waals surface area contributed by atoms with E-state index in [-0.39, 0.29) is 31.4 Å². The van der Waals surface area contributed by atoms with Crippen LogP contribution in [0.5, 0.6) is 5.75 Å². The third-order valence-corrected chi connectivity index (χ3v) is 7.17. The van der Waals surface area contributed by atoms with Crippen molar-refractivity contribution >= 4 is 24.5 Å². The highest BCUT2D eigenvalue weighted by atomic mass is 35.5. The van der Waals surface area contributed by atoms with E-state index in [0.29, 0.717) is 6.61 Å². The molecule has 1 aliphatic carbocycles. The smallest absolute Gasteiger partial charge is 0.407 e. The summed E-state index contributed by atoms with van der Waals surface area (Å²) in [5.41, 5.74) is 5.28. The van der Waals surface area contributed by atoms with Crippen molar-refractivity contribution in [1.29, 1.82) is 0 Å². The number of likely N-dealkylation sites (tertiary alicyclic amines) is 1. The van der Waals surface area contributed by atoms with Crippen molar-refractivity contribution in [2.45, 2.75) is 31.2 Å². The molecule has 7 nitrogen and oxygen atoms in total. The summed E-state index contributed by atoms with van der Waals surface area (Å²) < 4.78 is 11.3. The minimum Gasteiger partial charge on any atom is -0.492 e. The van der Waals surface area contributed by atoms with Crippen molar-refractivity contribution in [2.24, 2.45) is 0 Å². The molecule has 38 heavy (non-hydrogen) atoms. The molecule has 1 aliphatic heterocycles. The molecule has 3 aromatic rings. The van der Waals surface area contributed by atoms with Crippen LogP contribution in [-0.4, -0.2) is 61.0 Å². The number of hydrogen-bond acceptors (Lipinski definition) is 5. The number of ether oxygens (including phenoxy) is 2. The van der Waals surface area contributed by atoms with E-state index in [1.807, 2.05) is 60.7 Å². The van der Waals surface area contributed by atoms with Crippen LogP contribution in [0.3, 0.4) is 0 Å². The number of carboxylic acid groups (broad SMARTS) is 1. The summed E-state index contributed by atoms with van der Waals surface area (Å²) in [6.07, 6.45) is 1.91. The molecule has 0 radical (unpaired) electrons. The molecular weight excluding hydrogens is 504 g/mol. The van der Waals surface area contributed by atoms with E-state index in [1.54, 1.807) is 0 Å². The number of carbonyl (C=O) groups excluding carboxylic acids is 1. The molecule has 1 saturated heterocycles. The summed E-state index contributed by atoms with van der Waals surface area (Å²) in [6, 6.07) is 22.4. The first-order valence-corrected chi connectivity index (χ1v) is 12.9. The zero-order valence-electron chi connectivity index (χ0n) is 21.2. The van der Waals surface area contributed by atoms with Crippen molar-refractivity contribution in [3.63, 3.8) is 0 Å². The second-order valence-corrected chi connectivity index (χ2v) is 9.61. The Morgan fingerprint density at radius 2 is 1.53 bits per heavy atom. The predicted octanol–water partition coefficient (Wildman–Crippen LogP) is 5.12. The summed E-state index contributed by atoms with van der Waals surface area (Å²) in [4.78, 5) is 26.8. The van der Waals surface area contributed by atoms with E-state index in [1.165, 1.54) is 12.8 Å². The average Bonchev–Trinajstić information content (AvgIpc) is 3.54. The Labute approximate surface area is 229 Å². The van der Waals surface area contributed by atoms with E-state index < -0.39 is 18.1 Å². The zero-order chi connectivity index (χ0) is 25.6. The molecule has 1 heterocycles. The molecule has 200 valence electrons. The average molecular weight is 537 g/mol. The van der Waals surface area contributed by atoms with Gasteiger partial charge in [-0.2, -0.15) is 0 Å². The van der Waals surface area contributed by atoms with Gasteiger partial charge >= 0.3 is 12.1 Å². The van der Waals surface area contributed by atoms with Gasteiger partial charge in [0.2, 0.25) is 0 Å². The lowest BCUT2D eigenvalue weighted by Gasteiger charge is -2.18. The molecule has 1 amide bonds. The standard InChI is InChI=1S/C30H32N2O5.ClH/c33-29(34)28(19-21-11-13-22(14-12-21)36-18-17-32-15-5-6-16-32)31-30(35)37-20-27-25-9-3-1-7-23(25)24-8-2-4-10-26(24)27;/h1-4,7-14,27-28H,5-6,15-20H2,(H,31,35)(H,33,34);1H/t28-;/m0./s1. The van der Waals surface area contributed by atoms with Crippen LogP contribution in [0.1, 0.15) is 35.4 Å². The van der Waals surface area contributed by atoms with Crippen LogP contribution in [0.25, 0.3) is 11.1 Å². The van der Waals surface area contributed by atoms with Crippen molar-refractivity contribution < 1.29 is 24.2 Å². The van der Waals surface area contributed by atoms with E-state index in [4.69, 9.17) is 9.47 Å². The Bertz CT molecular complexity index is 1200. The van der Waals surface area contributed by atoms with Crippen molar-refractivity contribution in [1.82, 2.24) is 10.2 Å². The maximum absolute atomic E-state index is 12.6. The van der Waals surface area contributed by atoms with Gasteiger partial charge in [-0.05, 0) is 65.9 Å². The highest BCUT2D eigenvalue weighted by molar-refractivity contribution is 5.85. The Morgan fingerprint density at radius 3 is 2.13 bits per heavy atom. The fourth-order valence-electron chi connectivity index (χ4n) is 5.24. The molecule has 0 aromatic heterocycles. The van der Waals surface area contributed by atoms with Crippen LogP contribution in [0.4, 0.5) is 4.79 Å².